The van der Waals surface area contributed by atoms with Crippen LogP contribution in [0.3, 0.4) is 0 Å². The van der Waals surface area contributed by atoms with Crippen LogP contribution in [-0.4, -0.2) is 45.1 Å². The van der Waals surface area contributed by atoms with Crippen LogP contribution in [0.1, 0.15) is 32.6 Å². The van der Waals surface area contributed by atoms with Crippen LogP contribution in [-0.2, 0) is 4.79 Å². The lowest BCUT2D eigenvalue weighted by molar-refractivity contribution is -0.133. The zero-order valence-corrected chi connectivity index (χ0v) is 13.7. The molecule has 3 heterocycles. The van der Waals surface area contributed by atoms with Gasteiger partial charge in [0.2, 0.25) is 11.8 Å². The van der Waals surface area contributed by atoms with Crippen molar-refractivity contribution in [2.24, 2.45) is 5.41 Å². The molecule has 1 saturated carbocycles. The first kappa shape index (κ1) is 15.1. The number of carbonyl (C=O) groups is 1. The van der Waals surface area contributed by atoms with Gasteiger partial charge >= 0.3 is 6.01 Å². The number of anilines is 1. The van der Waals surface area contributed by atoms with E-state index in [4.69, 9.17) is 4.42 Å². The number of likely N-dealkylation sites (tertiary alicyclic amines) is 1. The predicted molar refractivity (Wildman–Crippen MR) is 88.1 cm³/mol. The highest BCUT2D eigenvalue weighted by molar-refractivity contribution is 5.83. The van der Waals surface area contributed by atoms with Gasteiger partial charge in [-0.1, -0.05) is 5.10 Å². The third-order valence-electron chi connectivity index (χ3n) is 5.16. The van der Waals surface area contributed by atoms with Crippen molar-refractivity contribution >= 4 is 11.9 Å². The molecule has 0 unspecified atom stereocenters. The molecule has 2 aliphatic rings. The zero-order valence-electron chi connectivity index (χ0n) is 13.7. The Balaban J connectivity index is 1.36. The number of pyridine rings is 1. The number of hydrogen-bond donors (Lipinski definition) is 1. The van der Waals surface area contributed by atoms with Crippen LogP contribution in [0.5, 0.6) is 0 Å². The molecule has 7 heteroatoms. The Labute approximate surface area is 140 Å². The van der Waals surface area contributed by atoms with Gasteiger partial charge in [0.1, 0.15) is 6.04 Å². The lowest BCUT2D eigenvalue weighted by atomic mass is 9.93. The highest BCUT2D eigenvalue weighted by Gasteiger charge is 2.45. The lowest BCUT2D eigenvalue weighted by Crippen LogP contribution is -2.45. The van der Waals surface area contributed by atoms with Gasteiger partial charge in [-0.05, 0) is 50.2 Å². The van der Waals surface area contributed by atoms with Gasteiger partial charge in [-0.25, -0.2) is 0 Å². The summed E-state index contributed by atoms with van der Waals surface area (Å²) in [5.74, 6) is 0.502. The molecule has 4 rings (SSSR count). The Hall–Kier alpha value is -2.44. The fourth-order valence-electron chi connectivity index (χ4n) is 3.29. The third-order valence-corrected chi connectivity index (χ3v) is 5.16. The van der Waals surface area contributed by atoms with E-state index in [0.717, 1.165) is 31.5 Å². The predicted octanol–water partition coefficient (Wildman–Crippen LogP) is 2.33. The molecule has 1 amide bonds. The topological polar surface area (TPSA) is 84.1 Å². The maximum atomic E-state index is 12.6. The molecule has 1 saturated heterocycles. The van der Waals surface area contributed by atoms with Gasteiger partial charge in [0.25, 0.3) is 0 Å². The molecule has 0 bridgehead atoms. The van der Waals surface area contributed by atoms with Crippen molar-refractivity contribution in [1.29, 1.82) is 0 Å². The Morgan fingerprint density at radius 3 is 2.58 bits per heavy atom. The van der Waals surface area contributed by atoms with E-state index < -0.39 is 0 Å². The molecule has 2 aromatic rings. The van der Waals surface area contributed by atoms with Gasteiger partial charge in [0.15, 0.2) is 0 Å². The number of hydrogen-bond acceptors (Lipinski definition) is 6. The number of rotatable bonds is 4. The van der Waals surface area contributed by atoms with Gasteiger partial charge in [0, 0.05) is 31.0 Å². The van der Waals surface area contributed by atoms with E-state index in [0.29, 0.717) is 11.3 Å². The van der Waals surface area contributed by atoms with E-state index in [1.807, 2.05) is 11.8 Å². The van der Waals surface area contributed by atoms with Crippen LogP contribution in [0.15, 0.2) is 28.9 Å². The van der Waals surface area contributed by atoms with Crippen molar-refractivity contribution in [3.63, 3.8) is 0 Å². The number of piperidine rings is 1. The van der Waals surface area contributed by atoms with Gasteiger partial charge in [-0.15, -0.1) is 5.10 Å². The number of aromatic nitrogens is 3. The molecular formula is C17H21N5O2. The highest BCUT2D eigenvalue weighted by Crippen LogP contribution is 2.53. The Bertz CT molecular complexity index is 716. The first-order valence-electron chi connectivity index (χ1n) is 8.44. The Morgan fingerprint density at radius 1 is 1.21 bits per heavy atom. The van der Waals surface area contributed by atoms with Crippen LogP contribution >= 0.6 is 0 Å². The monoisotopic (exact) mass is 327 g/mol. The molecule has 1 aliphatic heterocycles. The van der Waals surface area contributed by atoms with Gasteiger partial charge in [-0.3, -0.25) is 9.78 Å². The number of nitrogens with one attached hydrogen (secondary N) is 1. The zero-order chi connectivity index (χ0) is 16.6. The summed E-state index contributed by atoms with van der Waals surface area (Å²) < 4.78 is 5.59. The first-order valence-corrected chi connectivity index (χ1v) is 8.44. The van der Waals surface area contributed by atoms with Crippen LogP contribution in [0.25, 0.3) is 11.5 Å². The molecule has 24 heavy (non-hydrogen) atoms. The summed E-state index contributed by atoms with van der Waals surface area (Å²) in [6.45, 7) is 3.55. The lowest BCUT2D eigenvalue weighted by Gasteiger charge is -2.33. The second-order valence-corrected chi connectivity index (χ2v) is 6.84. The Kier molecular flexibility index (Phi) is 3.70. The standard InChI is InChI=1S/C17H21N5O2/c1-12(15(23)22-10-6-17(4-5-17)7-11-22)19-16-21-20-14(24-16)13-2-8-18-9-3-13/h2-3,8-9,12H,4-7,10-11H2,1H3,(H,19,21)/t12-/m0/s1. The molecule has 0 aromatic carbocycles. The molecule has 1 N–H and O–H groups in total. The second kappa shape index (κ2) is 5.89. The number of carbonyl (C=O) groups excluding carboxylic acids is 1. The molecule has 2 fully saturated rings. The summed E-state index contributed by atoms with van der Waals surface area (Å²) in [7, 11) is 0. The smallest absolute Gasteiger partial charge is 0.316 e. The fraction of sp³-hybridized carbons (Fsp3) is 0.529. The van der Waals surface area contributed by atoms with Crippen LogP contribution in [0.2, 0.25) is 0 Å². The minimum atomic E-state index is -0.385. The molecule has 1 atom stereocenters. The summed E-state index contributed by atoms with van der Waals surface area (Å²) in [5.41, 5.74) is 1.37. The minimum Gasteiger partial charge on any atom is -0.403 e. The fourth-order valence-corrected chi connectivity index (χ4v) is 3.29. The Morgan fingerprint density at radius 2 is 1.92 bits per heavy atom. The molecule has 7 nitrogen and oxygen atoms in total. The van der Waals surface area contributed by atoms with Crippen LogP contribution in [0.4, 0.5) is 6.01 Å². The summed E-state index contributed by atoms with van der Waals surface area (Å²) in [5, 5.41) is 11.0. The van der Waals surface area contributed by atoms with Gasteiger partial charge in [-0.2, -0.15) is 0 Å². The average Bonchev–Trinajstić information content (AvgIpc) is 3.20. The minimum absolute atomic E-state index is 0.0918. The highest BCUT2D eigenvalue weighted by atomic mass is 16.4. The van der Waals surface area contributed by atoms with Gasteiger partial charge in [0.05, 0.1) is 0 Å². The summed E-state index contributed by atoms with van der Waals surface area (Å²) in [6.07, 6.45) is 8.28. The van der Waals surface area contributed by atoms with Crippen molar-refractivity contribution in [2.45, 2.75) is 38.6 Å². The quantitative estimate of drug-likeness (QED) is 0.928. The van der Waals surface area contributed by atoms with E-state index in [9.17, 15) is 4.79 Å². The van der Waals surface area contributed by atoms with Crippen LogP contribution in [0, 0.1) is 5.41 Å². The molecule has 2 aromatic heterocycles. The van der Waals surface area contributed by atoms with Crippen molar-refractivity contribution in [1.82, 2.24) is 20.1 Å². The first-order chi connectivity index (χ1) is 11.7. The molecule has 1 aliphatic carbocycles. The average molecular weight is 327 g/mol. The molecule has 1 spiro atoms. The van der Waals surface area contributed by atoms with E-state index in [2.05, 4.69) is 20.5 Å². The number of amides is 1. The number of nitrogens with zero attached hydrogens (tertiary/aromatic N) is 4. The van der Waals surface area contributed by atoms with Crippen molar-refractivity contribution in [3.05, 3.63) is 24.5 Å². The van der Waals surface area contributed by atoms with E-state index in [-0.39, 0.29) is 18.0 Å². The van der Waals surface area contributed by atoms with Crippen molar-refractivity contribution < 1.29 is 9.21 Å². The second-order valence-electron chi connectivity index (χ2n) is 6.84. The van der Waals surface area contributed by atoms with Crippen molar-refractivity contribution in [3.8, 4) is 11.5 Å². The van der Waals surface area contributed by atoms with Crippen molar-refractivity contribution in [2.75, 3.05) is 18.4 Å². The maximum Gasteiger partial charge on any atom is 0.316 e. The molecule has 0 radical (unpaired) electrons. The largest absolute Gasteiger partial charge is 0.403 e. The van der Waals surface area contributed by atoms with Gasteiger partial charge < -0.3 is 14.6 Å². The van der Waals surface area contributed by atoms with E-state index in [1.165, 1.54) is 12.8 Å². The maximum absolute atomic E-state index is 12.6. The summed E-state index contributed by atoms with van der Waals surface area (Å²) in [6, 6.07) is 3.48. The van der Waals surface area contributed by atoms with Crippen LogP contribution < -0.4 is 5.32 Å². The summed E-state index contributed by atoms with van der Waals surface area (Å²) in [4.78, 5) is 18.5. The molecular weight excluding hydrogens is 306 g/mol. The summed E-state index contributed by atoms with van der Waals surface area (Å²) >= 11 is 0. The third kappa shape index (κ3) is 2.98. The SMILES string of the molecule is C[C@H](Nc1nnc(-c2ccncc2)o1)C(=O)N1CCC2(CC1)CC2. The normalized spacial score (nSPS) is 20.0. The molecule has 126 valence electrons. The van der Waals surface area contributed by atoms with E-state index in [1.54, 1.807) is 24.5 Å². The van der Waals surface area contributed by atoms with E-state index >= 15 is 0 Å².